The standard InChI is InChI=1S/C44H47N5O7S2/c1-27-12-15-31(16-13-27)58(55,56)48-22-20-32-36(26-50)46-35-17-14-29(25-34(35)41(32)48)28-8-6-9-30(24-28)45-21-4-2-3-5-23-57-38-11-7-10-33-40(38)44(54)49(43(33)53)37-18-19-39(51)47-42(37)52/h6-17,24-25,32,36-37,41,45-46,50H,2-5,18-23,26H2,1H3,(H,47,51,52)/t32-,36+,37?,41-/m1/s1. The Morgan fingerprint density at radius 3 is 2.43 bits per heavy atom. The number of sulfonamides is 1. The number of unbranched alkanes of at least 4 members (excludes halogenated alkanes) is 3. The van der Waals surface area contributed by atoms with Gasteiger partial charge in [0.05, 0.1) is 34.7 Å². The molecule has 12 nitrogen and oxygen atoms in total. The van der Waals surface area contributed by atoms with Gasteiger partial charge < -0.3 is 15.7 Å². The maximum atomic E-state index is 14.0. The molecule has 4 aliphatic heterocycles. The van der Waals surface area contributed by atoms with Crippen LogP contribution in [0.5, 0.6) is 0 Å². The lowest BCUT2D eigenvalue weighted by molar-refractivity contribution is -0.136. The summed E-state index contributed by atoms with van der Waals surface area (Å²) in [4.78, 5) is 52.6. The Morgan fingerprint density at radius 2 is 1.64 bits per heavy atom. The van der Waals surface area contributed by atoms with Crippen molar-refractivity contribution in [2.45, 2.75) is 79.8 Å². The van der Waals surface area contributed by atoms with Crippen LogP contribution < -0.4 is 16.0 Å². The van der Waals surface area contributed by atoms with E-state index in [4.69, 9.17) is 0 Å². The summed E-state index contributed by atoms with van der Waals surface area (Å²) in [5.41, 5.74) is 6.40. The number of carbonyl (C=O) groups is 4. The van der Waals surface area contributed by atoms with Crippen LogP contribution in [0.15, 0.2) is 94.7 Å². The number of aliphatic hydroxyl groups excluding tert-OH is 1. The van der Waals surface area contributed by atoms with Crippen LogP contribution in [-0.2, 0) is 19.6 Å². The highest BCUT2D eigenvalue weighted by atomic mass is 32.2. The van der Waals surface area contributed by atoms with Crippen molar-refractivity contribution in [2.75, 3.05) is 36.1 Å². The van der Waals surface area contributed by atoms with Gasteiger partial charge in [-0.15, -0.1) is 11.8 Å². The number of aryl methyl sites for hydroxylation is 1. The van der Waals surface area contributed by atoms with E-state index in [1.807, 2.05) is 49.4 Å². The van der Waals surface area contributed by atoms with E-state index in [0.29, 0.717) is 24.1 Å². The minimum Gasteiger partial charge on any atom is -0.394 e. The normalized spacial score (nSPS) is 21.7. The van der Waals surface area contributed by atoms with E-state index in [9.17, 15) is 32.7 Å². The summed E-state index contributed by atoms with van der Waals surface area (Å²) in [6.45, 7) is 3.03. The molecule has 2 saturated heterocycles. The molecule has 4 heterocycles. The lowest BCUT2D eigenvalue weighted by Crippen LogP contribution is -2.54. The molecule has 4 aromatic rings. The molecule has 0 aliphatic carbocycles. The van der Waals surface area contributed by atoms with Crippen LogP contribution in [0.3, 0.4) is 0 Å². The number of hydrogen-bond donors (Lipinski definition) is 4. The zero-order chi connectivity index (χ0) is 40.6. The first-order valence-corrected chi connectivity index (χ1v) is 22.4. The van der Waals surface area contributed by atoms with E-state index in [-0.39, 0.29) is 36.3 Å². The lowest BCUT2D eigenvalue weighted by atomic mass is 9.82. The zero-order valence-electron chi connectivity index (χ0n) is 32.3. The summed E-state index contributed by atoms with van der Waals surface area (Å²) >= 11 is 1.54. The summed E-state index contributed by atoms with van der Waals surface area (Å²) in [5, 5.41) is 19.5. The quantitative estimate of drug-likeness (QED) is 0.0639. The molecule has 302 valence electrons. The van der Waals surface area contributed by atoms with Gasteiger partial charge in [-0.25, -0.2) is 8.42 Å². The highest BCUT2D eigenvalue weighted by molar-refractivity contribution is 7.99. The number of carbonyl (C=O) groups excluding carboxylic acids is 4. The van der Waals surface area contributed by atoms with Gasteiger partial charge in [0, 0.05) is 41.7 Å². The number of aliphatic hydroxyl groups is 1. The number of hydrogen-bond acceptors (Lipinski definition) is 10. The fraction of sp³-hybridized carbons (Fsp3) is 0.364. The number of piperidine rings is 1. The molecule has 0 bridgehead atoms. The van der Waals surface area contributed by atoms with E-state index >= 15 is 0 Å². The van der Waals surface area contributed by atoms with Crippen molar-refractivity contribution in [1.29, 1.82) is 0 Å². The Bertz CT molecular complexity index is 2370. The topological polar surface area (TPSA) is 165 Å². The number of thioether (sulfide) groups is 1. The number of anilines is 2. The predicted octanol–water partition coefficient (Wildman–Crippen LogP) is 6.37. The molecular weight excluding hydrogens is 775 g/mol. The third-order valence-corrected chi connectivity index (χ3v) is 14.8. The minimum absolute atomic E-state index is 0.0636. The van der Waals surface area contributed by atoms with Crippen LogP contribution in [0, 0.1) is 12.8 Å². The van der Waals surface area contributed by atoms with Gasteiger partial charge in [-0.05, 0) is 104 Å². The fourth-order valence-electron chi connectivity index (χ4n) is 8.72. The van der Waals surface area contributed by atoms with Crippen LogP contribution in [0.4, 0.5) is 11.4 Å². The van der Waals surface area contributed by atoms with E-state index in [2.05, 4.69) is 34.1 Å². The Kier molecular flexibility index (Phi) is 11.4. The van der Waals surface area contributed by atoms with Crippen molar-refractivity contribution in [3.05, 3.63) is 107 Å². The van der Waals surface area contributed by atoms with E-state index in [0.717, 1.165) is 81.4 Å². The van der Waals surface area contributed by atoms with Gasteiger partial charge in [-0.3, -0.25) is 29.4 Å². The average molecular weight is 822 g/mol. The molecule has 14 heteroatoms. The molecule has 0 saturated carbocycles. The lowest BCUT2D eigenvalue weighted by Gasteiger charge is -2.39. The van der Waals surface area contributed by atoms with Crippen LogP contribution >= 0.6 is 11.8 Å². The first-order valence-electron chi connectivity index (χ1n) is 20.0. The van der Waals surface area contributed by atoms with Gasteiger partial charge in [-0.2, -0.15) is 4.31 Å². The average Bonchev–Trinajstić information content (AvgIpc) is 3.79. The zero-order valence-corrected chi connectivity index (χ0v) is 33.9. The Labute approximate surface area is 342 Å². The second kappa shape index (κ2) is 16.7. The summed E-state index contributed by atoms with van der Waals surface area (Å²) in [5.74, 6) is -1.27. The van der Waals surface area contributed by atoms with Crippen LogP contribution in [0.1, 0.15) is 82.8 Å². The highest BCUT2D eigenvalue weighted by Gasteiger charge is 2.49. The van der Waals surface area contributed by atoms with E-state index in [1.54, 1.807) is 28.6 Å². The molecule has 58 heavy (non-hydrogen) atoms. The molecule has 4 aliphatic rings. The molecule has 4 N–H and O–H groups in total. The van der Waals surface area contributed by atoms with Crippen molar-refractivity contribution in [2.24, 2.45) is 5.92 Å². The largest absolute Gasteiger partial charge is 0.394 e. The predicted molar refractivity (Wildman–Crippen MR) is 223 cm³/mol. The molecule has 4 amide bonds. The number of nitrogens with one attached hydrogen (secondary N) is 3. The molecule has 1 unspecified atom stereocenters. The van der Waals surface area contributed by atoms with Gasteiger partial charge >= 0.3 is 0 Å². The van der Waals surface area contributed by atoms with Gasteiger partial charge in [-0.1, -0.05) is 54.8 Å². The molecule has 2 fully saturated rings. The second-order valence-electron chi connectivity index (χ2n) is 15.5. The Hall–Kier alpha value is -5.02. The Morgan fingerprint density at radius 1 is 0.862 bits per heavy atom. The van der Waals surface area contributed by atoms with E-state index < -0.39 is 45.7 Å². The second-order valence-corrected chi connectivity index (χ2v) is 18.5. The van der Waals surface area contributed by atoms with Crippen molar-refractivity contribution >= 4 is 56.8 Å². The van der Waals surface area contributed by atoms with Crippen molar-refractivity contribution < 1.29 is 32.7 Å². The molecule has 0 aromatic heterocycles. The van der Waals surface area contributed by atoms with Crippen molar-refractivity contribution in [3.63, 3.8) is 0 Å². The number of nitrogens with zero attached hydrogens (tertiary/aromatic N) is 2. The number of amides is 4. The van der Waals surface area contributed by atoms with Gasteiger partial charge in [0.25, 0.3) is 11.8 Å². The molecule has 0 radical (unpaired) electrons. The van der Waals surface area contributed by atoms with Crippen LogP contribution in [0.2, 0.25) is 0 Å². The third kappa shape index (κ3) is 7.66. The minimum atomic E-state index is -3.76. The summed E-state index contributed by atoms with van der Waals surface area (Å²) in [6.07, 6.45) is 4.77. The SMILES string of the molecule is Cc1ccc(S(=O)(=O)N2CC[C@@H]3[C@H](CO)Nc4ccc(-c5cccc(NCCCCCCSc6cccc7c6C(=O)N(C6CCC(=O)NC6=O)C7=O)c5)cc4[C@@H]32)cc1. The summed E-state index contributed by atoms with van der Waals surface area (Å²) in [6, 6.07) is 25.0. The number of fused-ring (bicyclic) bond motifs is 4. The highest BCUT2D eigenvalue weighted by Crippen LogP contribution is 2.49. The fourth-order valence-corrected chi connectivity index (χ4v) is 11.5. The number of rotatable bonds is 14. The molecule has 8 rings (SSSR count). The van der Waals surface area contributed by atoms with Crippen molar-refractivity contribution in [1.82, 2.24) is 14.5 Å². The number of imide groups is 2. The van der Waals surface area contributed by atoms with Crippen LogP contribution in [0.25, 0.3) is 11.1 Å². The van der Waals surface area contributed by atoms with Crippen LogP contribution in [-0.4, -0.2) is 83.9 Å². The van der Waals surface area contributed by atoms with Gasteiger partial charge in [0.15, 0.2) is 0 Å². The van der Waals surface area contributed by atoms with Gasteiger partial charge in [0.2, 0.25) is 21.8 Å². The molecule has 4 aromatic carbocycles. The molecule has 4 atom stereocenters. The maximum Gasteiger partial charge on any atom is 0.263 e. The first-order chi connectivity index (χ1) is 28.0. The molecule has 0 spiro atoms. The number of benzene rings is 4. The summed E-state index contributed by atoms with van der Waals surface area (Å²) in [7, 11) is -3.76. The van der Waals surface area contributed by atoms with E-state index in [1.165, 1.54) is 11.8 Å². The third-order valence-electron chi connectivity index (χ3n) is 11.7. The van der Waals surface area contributed by atoms with Crippen molar-refractivity contribution in [3.8, 4) is 11.1 Å². The maximum absolute atomic E-state index is 14.0. The monoisotopic (exact) mass is 821 g/mol. The van der Waals surface area contributed by atoms with Gasteiger partial charge in [0.1, 0.15) is 6.04 Å². The first kappa shape index (κ1) is 39.8. The Balaban J connectivity index is 0.850. The summed E-state index contributed by atoms with van der Waals surface area (Å²) < 4.78 is 29.6. The smallest absolute Gasteiger partial charge is 0.263 e. The molecular formula is C44H47N5O7S2.